The number of carbonyl (C=O) groups excluding carboxylic acids is 1. The Balaban J connectivity index is 2.54. The maximum atomic E-state index is 11.1. The average Bonchev–Trinajstić information content (AvgIpc) is 2.09. The van der Waals surface area contributed by atoms with Gasteiger partial charge in [0, 0.05) is 23.6 Å². The van der Waals surface area contributed by atoms with Crippen LogP contribution in [0.3, 0.4) is 0 Å². The molecule has 0 fully saturated rings. The Hall–Kier alpha value is -0.940. The first-order valence-corrected chi connectivity index (χ1v) is 4.63. The monoisotopic (exact) mass is 243 g/mol. The van der Waals surface area contributed by atoms with Gasteiger partial charge in [0.2, 0.25) is 5.91 Å². The number of pyridine rings is 1. The average molecular weight is 244 g/mol. The van der Waals surface area contributed by atoms with E-state index in [4.69, 9.17) is 5.73 Å². The van der Waals surface area contributed by atoms with Crippen LogP contribution in [0.5, 0.6) is 0 Å². The highest BCUT2D eigenvalue weighted by Crippen LogP contribution is 2.10. The number of nitrogens with one attached hydrogen (secondary N) is 1. The lowest BCUT2D eigenvalue weighted by atomic mass is 10.4. The van der Waals surface area contributed by atoms with Gasteiger partial charge in [0.25, 0.3) is 0 Å². The van der Waals surface area contributed by atoms with Crippen molar-refractivity contribution in [2.24, 2.45) is 5.73 Å². The minimum Gasteiger partial charge on any atom is -0.330 e. The second-order valence-corrected chi connectivity index (χ2v) is 3.36. The third-order valence-electron chi connectivity index (χ3n) is 1.37. The van der Waals surface area contributed by atoms with Gasteiger partial charge in [-0.15, -0.1) is 0 Å². The molecule has 0 bridgehead atoms. The number of halogens is 1. The largest absolute Gasteiger partial charge is 0.330 e. The maximum absolute atomic E-state index is 11.1. The predicted octanol–water partition coefficient (Wildman–Crippen LogP) is 1.13. The van der Waals surface area contributed by atoms with Crippen molar-refractivity contribution < 1.29 is 4.79 Å². The first-order valence-electron chi connectivity index (χ1n) is 3.84. The molecule has 0 aliphatic rings. The van der Waals surface area contributed by atoms with Gasteiger partial charge in [-0.05, 0) is 28.1 Å². The van der Waals surface area contributed by atoms with Gasteiger partial charge in [-0.3, -0.25) is 4.79 Å². The van der Waals surface area contributed by atoms with E-state index >= 15 is 0 Å². The van der Waals surface area contributed by atoms with E-state index in [0.29, 0.717) is 18.8 Å². The van der Waals surface area contributed by atoms with Crippen LogP contribution < -0.4 is 11.1 Å². The van der Waals surface area contributed by atoms with Gasteiger partial charge >= 0.3 is 0 Å². The molecule has 3 N–H and O–H groups in total. The van der Waals surface area contributed by atoms with E-state index in [0.717, 1.165) is 4.47 Å². The first kappa shape index (κ1) is 10.1. The normalized spacial score (nSPS) is 9.69. The summed E-state index contributed by atoms with van der Waals surface area (Å²) in [4.78, 5) is 15.0. The number of amides is 1. The molecule has 0 aliphatic heterocycles. The minimum absolute atomic E-state index is 0.114. The van der Waals surface area contributed by atoms with Crippen LogP contribution in [0.25, 0.3) is 0 Å². The Morgan fingerprint density at radius 3 is 2.92 bits per heavy atom. The quantitative estimate of drug-likeness (QED) is 0.837. The van der Waals surface area contributed by atoms with Crippen LogP contribution in [0.1, 0.15) is 6.42 Å². The Labute approximate surface area is 84.7 Å². The zero-order valence-corrected chi connectivity index (χ0v) is 8.54. The smallest absolute Gasteiger partial charge is 0.226 e. The van der Waals surface area contributed by atoms with Crippen molar-refractivity contribution in [1.29, 1.82) is 0 Å². The topological polar surface area (TPSA) is 68.0 Å². The highest BCUT2D eigenvalue weighted by Gasteiger charge is 2.00. The minimum atomic E-state index is -0.114. The van der Waals surface area contributed by atoms with E-state index in [1.54, 1.807) is 12.3 Å². The molecule has 1 aromatic heterocycles. The molecule has 4 nitrogen and oxygen atoms in total. The number of anilines is 1. The lowest BCUT2D eigenvalue weighted by Gasteiger charge is -2.02. The molecule has 0 atom stereocenters. The van der Waals surface area contributed by atoms with E-state index in [1.807, 2.05) is 6.07 Å². The molecule has 0 saturated carbocycles. The number of aromatic nitrogens is 1. The number of nitrogens with two attached hydrogens (primary N) is 1. The SMILES string of the molecule is NCCC(=O)Nc1ccc(Br)cn1. The summed E-state index contributed by atoms with van der Waals surface area (Å²) < 4.78 is 0.879. The fourth-order valence-corrected chi connectivity index (χ4v) is 1.02. The van der Waals surface area contributed by atoms with Crippen LogP contribution >= 0.6 is 15.9 Å². The Morgan fingerprint density at radius 1 is 1.62 bits per heavy atom. The fraction of sp³-hybridized carbons (Fsp3) is 0.250. The van der Waals surface area contributed by atoms with Crippen LogP contribution in [0, 0.1) is 0 Å². The van der Waals surface area contributed by atoms with Crippen LogP contribution in [-0.4, -0.2) is 17.4 Å². The third-order valence-corrected chi connectivity index (χ3v) is 1.84. The molecule has 0 spiro atoms. The van der Waals surface area contributed by atoms with E-state index < -0.39 is 0 Å². The number of carbonyl (C=O) groups is 1. The molecule has 5 heteroatoms. The number of hydrogen-bond acceptors (Lipinski definition) is 3. The standard InChI is InChI=1S/C8H10BrN3O/c9-6-1-2-7(11-5-6)12-8(13)3-4-10/h1-2,5H,3-4,10H2,(H,11,12,13). The number of nitrogens with zero attached hydrogens (tertiary/aromatic N) is 1. The lowest BCUT2D eigenvalue weighted by Crippen LogP contribution is -2.16. The summed E-state index contributed by atoms with van der Waals surface area (Å²) in [6.45, 7) is 0.350. The van der Waals surface area contributed by atoms with E-state index in [9.17, 15) is 4.79 Å². The second-order valence-electron chi connectivity index (χ2n) is 2.45. The Kier molecular flexibility index (Phi) is 3.85. The van der Waals surface area contributed by atoms with E-state index in [2.05, 4.69) is 26.2 Å². The summed E-state index contributed by atoms with van der Waals surface area (Å²) >= 11 is 3.25. The summed E-state index contributed by atoms with van der Waals surface area (Å²) in [5, 5.41) is 2.62. The van der Waals surface area contributed by atoms with Crippen molar-refractivity contribution in [3.63, 3.8) is 0 Å². The maximum Gasteiger partial charge on any atom is 0.226 e. The van der Waals surface area contributed by atoms with Crippen LogP contribution in [0.4, 0.5) is 5.82 Å². The summed E-state index contributed by atoms with van der Waals surface area (Å²) in [6, 6.07) is 3.53. The van der Waals surface area contributed by atoms with Crippen molar-refractivity contribution >= 4 is 27.7 Å². The van der Waals surface area contributed by atoms with Gasteiger partial charge in [0.15, 0.2) is 0 Å². The molecule has 1 rings (SSSR count). The molecule has 1 heterocycles. The van der Waals surface area contributed by atoms with Crippen molar-refractivity contribution in [2.45, 2.75) is 6.42 Å². The van der Waals surface area contributed by atoms with Gasteiger partial charge < -0.3 is 11.1 Å². The predicted molar refractivity (Wildman–Crippen MR) is 54.2 cm³/mol. The van der Waals surface area contributed by atoms with E-state index in [1.165, 1.54) is 0 Å². The molecular weight excluding hydrogens is 234 g/mol. The molecule has 13 heavy (non-hydrogen) atoms. The van der Waals surface area contributed by atoms with Gasteiger partial charge in [-0.25, -0.2) is 4.98 Å². The summed E-state index contributed by atoms with van der Waals surface area (Å²) in [6.07, 6.45) is 1.94. The molecule has 0 saturated heterocycles. The summed E-state index contributed by atoms with van der Waals surface area (Å²) in [5.41, 5.74) is 5.22. The molecule has 1 aromatic rings. The highest BCUT2D eigenvalue weighted by atomic mass is 79.9. The molecule has 1 amide bonds. The molecule has 0 aromatic carbocycles. The van der Waals surface area contributed by atoms with Crippen LogP contribution in [-0.2, 0) is 4.79 Å². The van der Waals surface area contributed by atoms with Gasteiger partial charge in [-0.2, -0.15) is 0 Å². The van der Waals surface area contributed by atoms with Crippen LogP contribution in [0.2, 0.25) is 0 Å². The van der Waals surface area contributed by atoms with Gasteiger partial charge in [-0.1, -0.05) is 0 Å². The Morgan fingerprint density at radius 2 is 2.38 bits per heavy atom. The molecule has 0 unspecified atom stereocenters. The fourth-order valence-electron chi connectivity index (χ4n) is 0.786. The zero-order valence-electron chi connectivity index (χ0n) is 6.96. The highest BCUT2D eigenvalue weighted by molar-refractivity contribution is 9.10. The molecular formula is C8H10BrN3O. The second kappa shape index (κ2) is 4.94. The van der Waals surface area contributed by atoms with Crippen molar-refractivity contribution in [3.05, 3.63) is 22.8 Å². The van der Waals surface area contributed by atoms with E-state index in [-0.39, 0.29) is 5.91 Å². The van der Waals surface area contributed by atoms with Crippen molar-refractivity contribution in [3.8, 4) is 0 Å². The lowest BCUT2D eigenvalue weighted by molar-refractivity contribution is -0.116. The Bertz CT molecular complexity index is 286. The van der Waals surface area contributed by atoms with Crippen LogP contribution in [0.15, 0.2) is 22.8 Å². The molecule has 0 radical (unpaired) electrons. The van der Waals surface area contributed by atoms with Gasteiger partial charge in [0.05, 0.1) is 0 Å². The van der Waals surface area contributed by atoms with Crippen molar-refractivity contribution in [2.75, 3.05) is 11.9 Å². The molecule has 70 valence electrons. The van der Waals surface area contributed by atoms with Gasteiger partial charge in [0.1, 0.15) is 5.82 Å². The summed E-state index contributed by atoms with van der Waals surface area (Å²) in [7, 11) is 0. The number of hydrogen-bond donors (Lipinski definition) is 2. The van der Waals surface area contributed by atoms with Crippen molar-refractivity contribution in [1.82, 2.24) is 4.98 Å². The zero-order chi connectivity index (χ0) is 9.68. The summed E-state index contributed by atoms with van der Waals surface area (Å²) in [5.74, 6) is 0.430. The molecule has 0 aliphatic carbocycles. The third kappa shape index (κ3) is 3.52. The first-order chi connectivity index (χ1) is 6.22. The number of rotatable bonds is 3.